The van der Waals surface area contributed by atoms with Crippen molar-refractivity contribution in [3.8, 4) is 0 Å². The van der Waals surface area contributed by atoms with Crippen LogP contribution in [0.4, 0.5) is 0 Å². The Morgan fingerprint density at radius 2 is 1.44 bits per heavy atom. The van der Waals surface area contributed by atoms with Gasteiger partial charge in [-0.05, 0) is 71.1 Å². The lowest BCUT2D eigenvalue weighted by Gasteiger charge is -2.39. The van der Waals surface area contributed by atoms with Crippen molar-refractivity contribution in [1.82, 2.24) is 0 Å². The van der Waals surface area contributed by atoms with Crippen molar-refractivity contribution >= 4 is 21.2 Å². The molecule has 0 radical (unpaired) electrons. The minimum absolute atomic E-state index is 0.161. The molecule has 0 aliphatic heterocycles. The van der Waals surface area contributed by atoms with E-state index in [2.05, 4.69) is 24.3 Å². The summed E-state index contributed by atoms with van der Waals surface area (Å²) >= 11 is 0. The van der Waals surface area contributed by atoms with Crippen molar-refractivity contribution in [2.24, 2.45) is 10.6 Å². The van der Waals surface area contributed by atoms with E-state index in [4.69, 9.17) is 9.88 Å². The van der Waals surface area contributed by atoms with Gasteiger partial charge >= 0.3 is 0 Å². The number of primary sulfonamides is 1. The maximum absolute atomic E-state index is 11.6. The van der Waals surface area contributed by atoms with E-state index in [0.717, 1.165) is 24.0 Å². The summed E-state index contributed by atoms with van der Waals surface area (Å²) < 4.78 is 28.3. The molecule has 4 rings (SSSR count). The van der Waals surface area contributed by atoms with Gasteiger partial charge in [-0.3, -0.25) is 0 Å². The zero-order chi connectivity index (χ0) is 19.1. The summed E-state index contributed by atoms with van der Waals surface area (Å²) in [6.07, 6.45) is 6.02. The third-order valence-electron chi connectivity index (χ3n) is 6.03. The Labute approximate surface area is 161 Å². The summed E-state index contributed by atoms with van der Waals surface area (Å²) in [6, 6.07) is 15.6. The molecule has 0 atom stereocenters. The van der Waals surface area contributed by atoms with Gasteiger partial charge < -0.3 is 4.74 Å². The van der Waals surface area contributed by atoms with Crippen LogP contribution in [0.2, 0.25) is 0 Å². The Kier molecular flexibility index (Phi) is 4.70. The monoisotopic (exact) mass is 383 g/mol. The highest BCUT2D eigenvalue weighted by Gasteiger charge is 2.43. The van der Waals surface area contributed by atoms with Crippen LogP contribution in [0, 0.1) is 5.41 Å². The SMILES string of the molecule is COCc1ccc(C2=C(c3ccc(S(N)(=O)=O)cc3)CC3(CCC3)C2)cc1. The topological polar surface area (TPSA) is 69.4 Å². The normalized spacial score (nSPS) is 18.7. The molecule has 0 aromatic heterocycles. The standard InChI is InChI=1S/C22H25NO3S/c1-26-15-16-3-5-17(6-4-16)20-13-22(11-2-12-22)14-21(20)18-7-9-19(10-8-18)27(23,24)25/h3-10H,2,11-15H2,1H3,(H2,23,24,25). The summed E-state index contributed by atoms with van der Waals surface area (Å²) in [4.78, 5) is 0.161. The summed E-state index contributed by atoms with van der Waals surface area (Å²) in [5, 5.41) is 5.24. The molecule has 142 valence electrons. The Hall–Kier alpha value is -1.95. The van der Waals surface area contributed by atoms with E-state index in [-0.39, 0.29) is 4.90 Å². The van der Waals surface area contributed by atoms with Gasteiger partial charge in [0.05, 0.1) is 11.5 Å². The van der Waals surface area contributed by atoms with Gasteiger partial charge in [0, 0.05) is 7.11 Å². The molecular weight excluding hydrogens is 358 g/mol. The first-order valence-electron chi connectivity index (χ1n) is 9.34. The van der Waals surface area contributed by atoms with Crippen LogP contribution in [0.15, 0.2) is 53.4 Å². The van der Waals surface area contributed by atoms with Crippen molar-refractivity contribution in [2.45, 2.75) is 43.6 Å². The highest BCUT2D eigenvalue weighted by molar-refractivity contribution is 7.89. The average molecular weight is 384 g/mol. The van der Waals surface area contributed by atoms with Gasteiger partial charge in [-0.1, -0.05) is 42.8 Å². The van der Waals surface area contributed by atoms with Crippen molar-refractivity contribution in [3.63, 3.8) is 0 Å². The predicted octanol–water partition coefficient (Wildman–Crippen LogP) is 4.36. The molecule has 2 aliphatic rings. The molecule has 4 nitrogen and oxygen atoms in total. The third kappa shape index (κ3) is 3.59. The molecule has 1 fully saturated rings. The fourth-order valence-electron chi connectivity index (χ4n) is 4.42. The molecule has 5 heteroatoms. The maximum Gasteiger partial charge on any atom is 0.238 e. The zero-order valence-electron chi connectivity index (χ0n) is 15.6. The van der Waals surface area contributed by atoms with Crippen LogP contribution >= 0.6 is 0 Å². The molecule has 1 saturated carbocycles. The lowest BCUT2D eigenvalue weighted by Crippen LogP contribution is -2.26. The third-order valence-corrected chi connectivity index (χ3v) is 6.96. The number of nitrogens with two attached hydrogens (primary N) is 1. The van der Waals surface area contributed by atoms with Crippen LogP contribution < -0.4 is 5.14 Å². The van der Waals surface area contributed by atoms with Crippen LogP contribution in [0.25, 0.3) is 11.1 Å². The van der Waals surface area contributed by atoms with Crippen molar-refractivity contribution in [2.75, 3.05) is 7.11 Å². The van der Waals surface area contributed by atoms with Crippen LogP contribution in [0.5, 0.6) is 0 Å². The second-order valence-corrected chi connectivity index (χ2v) is 9.42. The van der Waals surface area contributed by atoms with E-state index in [1.807, 2.05) is 12.1 Å². The molecule has 0 unspecified atom stereocenters. The number of allylic oxidation sites excluding steroid dienone is 2. The molecule has 0 bridgehead atoms. The molecular formula is C22H25NO3S. The highest BCUT2D eigenvalue weighted by atomic mass is 32.2. The largest absolute Gasteiger partial charge is 0.380 e. The molecule has 2 aliphatic carbocycles. The summed E-state index contributed by atoms with van der Waals surface area (Å²) in [7, 11) is -1.96. The van der Waals surface area contributed by atoms with Gasteiger partial charge in [-0.25, -0.2) is 13.6 Å². The van der Waals surface area contributed by atoms with Crippen molar-refractivity contribution < 1.29 is 13.2 Å². The first-order chi connectivity index (χ1) is 12.9. The highest BCUT2D eigenvalue weighted by Crippen LogP contribution is 2.59. The molecule has 2 aromatic carbocycles. The lowest BCUT2D eigenvalue weighted by atomic mass is 9.66. The van der Waals surface area contributed by atoms with Crippen molar-refractivity contribution in [1.29, 1.82) is 0 Å². The van der Waals surface area contributed by atoms with E-state index < -0.39 is 10.0 Å². The Bertz CT molecular complexity index is 969. The van der Waals surface area contributed by atoms with E-state index in [1.54, 1.807) is 19.2 Å². The number of hydrogen-bond donors (Lipinski definition) is 1. The van der Waals surface area contributed by atoms with Gasteiger partial charge in [0.15, 0.2) is 0 Å². The van der Waals surface area contributed by atoms with E-state index in [0.29, 0.717) is 12.0 Å². The molecule has 0 amide bonds. The minimum atomic E-state index is -3.66. The fourth-order valence-corrected chi connectivity index (χ4v) is 4.94. The first-order valence-corrected chi connectivity index (χ1v) is 10.9. The quantitative estimate of drug-likeness (QED) is 0.834. The average Bonchev–Trinajstić information content (AvgIpc) is 3.04. The molecule has 1 spiro atoms. The number of sulfonamides is 1. The van der Waals surface area contributed by atoms with Gasteiger partial charge in [0.1, 0.15) is 0 Å². The van der Waals surface area contributed by atoms with Crippen LogP contribution in [0.1, 0.15) is 48.8 Å². The van der Waals surface area contributed by atoms with E-state index in [9.17, 15) is 8.42 Å². The molecule has 0 heterocycles. The fraction of sp³-hybridized carbons (Fsp3) is 0.364. The van der Waals surface area contributed by atoms with Gasteiger partial charge in [0.2, 0.25) is 10.0 Å². The van der Waals surface area contributed by atoms with Gasteiger partial charge in [-0.2, -0.15) is 0 Å². The number of ether oxygens (including phenoxy) is 1. The zero-order valence-corrected chi connectivity index (χ0v) is 16.4. The number of hydrogen-bond acceptors (Lipinski definition) is 3. The minimum Gasteiger partial charge on any atom is -0.380 e. The number of methoxy groups -OCH3 is 1. The second kappa shape index (κ2) is 6.89. The Balaban J connectivity index is 1.72. The molecule has 2 aromatic rings. The lowest BCUT2D eigenvalue weighted by molar-refractivity contribution is 0.157. The summed E-state index contributed by atoms with van der Waals surface area (Å²) in [6.45, 7) is 0.616. The van der Waals surface area contributed by atoms with E-state index in [1.165, 1.54) is 36.0 Å². The van der Waals surface area contributed by atoms with Crippen LogP contribution in [-0.2, 0) is 21.4 Å². The number of benzene rings is 2. The maximum atomic E-state index is 11.6. The van der Waals surface area contributed by atoms with Crippen LogP contribution in [0.3, 0.4) is 0 Å². The van der Waals surface area contributed by atoms with Gasteiger partial charge in [0.25, 0.3) is 0 Å². The smallest absolute Gasteiger partial charge is 0.238 e. The second-order valence-electron chi connectivity index (χ2n) is 7.86. The molecule has 0 saturated heterocycles. The summed E-state index contributed by atoms with van der Waals surface area (Å²) in [5.74, 6) is 0. The van der Waals surface area contributed by atoms with Crippen molar-refractivity contribution in [3.05, 3.63) is 65.2 Å². The Morgan fingerprint density at radius 3 is 1.85 bits per heavy atom. The Morgan fingerprint density at radius 1 is 0.926 bits per heavy atom. The van der Waals surface area contributed by atoms with Crippen LogP contribution in [-0.4, -0.2) is 15.5 Å². The predicted molar refractivity (Wildman–Crippen MR) is 107 cm³/mol. The first kappa shape index (κ1) is 18.4. The summed E-state index contributed by atoms with van der Waals surface area (Å²) in [5.41, 5.74) is 6.65. The van der Waals surface area contributed by atoms with E-state index >= 15 is 0 Å². The van der Waals surface area contributed by atoms with Gasteiger partial charge in [-0.15, -0.1) is 0 Å². The molecule has 27 heavy (non-hydrogen) atoms. The molecule has 2 N–H and O–H groups in total. The number of rotatable bonds is 5.